The fourth-order valence-corrected chi connectivity index (χ4v) is 2.56. The topological polar surface area (TPSA) is 100 Å². The third-order valence-electron chi connectivity index (χ3n) is 4.01. The van der Waals surface area contributed by atoms with E-state index in [4.69, 9.17) is 5.11 Å². The smallest absolute Gasteiger partial charge is 0.358 e. The Morgan fingerprint density at radius 1 is 1.48 bits per heavy atom. The summed E-state index contributed by atoms with van der Waals surface area (Å²) in [4.78, 5) is 24.4. The molecule has 1 unspecified atom stereocenters. The van der Waals surface area contributed by atoms with E-state index >= 15 is 0 Å². The molecule has 21 heavy (non-hydrogen) atoms. The number of hydrogen-bond donors (Lipinski definition) is 2. The van der Waals surface area contributed by atoms with E-state index in [2.05, 4.69) is 15.6 Å². The van der Waals surface area contributed by atoms with Crippen molar-refractivity contribution in [2.75, 3.05) is 13.1 Å². The highest BCUT2D eigenvalue weighted by molar-refractivity contribution is 5.84. The lowest BCUT2D eigenvalue weighted by molar-refractivity contribution is 0.0690. The summed E-state index contributed by atoms with van der Waals surface area (Å²) >= 11 is 0. The molecule has 0 radical (unpaired) electrons. The summed E-state index contributed by atoms with van der Waals surface area (Å²) in [7, 11) is 0. The Hall–Kier alpha value is -2.12. The van der Waals surface area contributed by atoms with E-state index in [1.807, 2.05) is 6.92 Å². The van der Waals surface area contributed by atoms with Crippen molar-refractivity contribution in [2.45, 2.75) is 38.3 Å². The molecule has 1 aromatic rings. The Labute approximate surface area is 122 Å². The van der Waals surface area contributed by atoms with Gasteiger partial charge in [0.25, 0.3) is 0 Å². The number of likely N-dealkylation sites (tertiary alicyclic amines) is 1. The third kappa shape index (κ3) is 3.14. The van der Waals surface area contributed by atoms with Gasteiger partial charge in [0.2, 0.25) is 0 Å². The quantitative estimate of drug-likeness (QED) is 0.833. The average Bonchev–Trinajstić information content (AvgIpc) is 3.02. The minimum atomic E-state index is -1.09. The van der Waals surface area contributed by atoms with Gasteiger partial charge in [-0.1, -0.05) is 18.1 Å². The van der Waals surface area contributed by atoms with E-state index in [9.17, 15) is 9.59 Å². The normalized spacial score (nSPS) is 20.0. The van der Waals surface area contributed by atoms with Crippen LogP contribution in [0.4, 0.5) is 4.79 Å². The first-order chi connectivity index (χ1) is 10.0. The van der Waals surface area contributed by atoms with Gasteiger partial charge >= 0.3 is 12.0 Å². The molecule has 2 amide bonds. The van der Waals surface area contributed by atoms with Gasteiger partial charge in [-0.05, 0) is 19.3 Å². The van der Waals surface area contributed by atoms with Crippen LogP contribution in [0, 0.1) is 5.92 Å². The third-order valence-corrected chi connectivity index (χ3v) is 4.01. The Bertz CT molecular complexity index is 548. The second kappa shape index (κ2) is 5.34. The van der Waals surface area contributed by atoms with Crippen molar-refractivity contribution in [1.82, 2.24) is 25.2 Å². The van der Waals surface area contributed by atoms with Crippen LogP contribution in [0.15, 0.2) is 6.20 Å². The minimum Gasteiger partial charge on any atom is -0.476 e. The molecule has 0 aromatic carbocycles. The summed E-state index contributed by atoms with van der Waals surface area (Å²) in [6.07, 6.45) is 5.01. The van der Waals surface area contributed by atoms with Crippen molar-refractivity contribution >= 4 is 12.0 Å². The summed E-state index contributed by atoms with van der Waals surface area (Å²) in [6, 6.07) is 0.155. The van der Waals surface area contributed by atoms with Crippen LogP contribution in [0.3, 0.4) is 0 Å². The van der Waals surface area contributed by atoms with Gasteiger partial charge < -0.3 is 15.3 Å². The van der Waals surface area contributed by atoms with Crippen molar-refractivity contribution in [3.8, 4) is 0 Å². The largest absolute Gasteiger partial charge is 0.476 e. The molecule has 2 N–H and O–H groups in total. The molecule has 2 heterocycles. The maximum Gasteiger partial charge on any atom is 0.358 e. The predicted molar refractivity (Wildman–Crippen MR) is 72.9 cm³/mol. The van der Waals surface area contributed by atoms with Gasteiger partial charge in [-0.15, -0.1) is 5.10 Å². The molecule has 1 aliphatic carbocycles. The summed E-state index contributed by atoms with van der Waals surface area (Å²) in [5, 5.41) is 19.2. The molecule has 1 aromatic heterocycles. The first-order valence-electron chi connectivity index (χ1n) is 7.23. The predicted octanol–water partition coefficient (Wildman–Crippen LogP) is 0.731. The van der Waals surface area contributed by atoms with Gasteiger partial charge in [0.15, 0.2) is 5.69 Å². The number of hydrogen-bond acceptors (Lipinski definition) is 4. The number of carbonyl (C=O) groups excluding carboxylic acids is 1. The van der Waals surface area contributed by atoms with Gasteiger partial charge in [0.05, 0.1) is 12.2 Å². The lowest BCUT2D eigenvalue weighted by Crippen LogP contribution is -2.55. The second-order valence-electron chi connectivity index (χ2n) is 5.98. The van der Waals surface area contributed by atoms with E-state index in [0.717, 1.165) is 12.3 Å². The van der Waals surface area contributed by atoms with Crippen LogP contribution >= 0.6 is 0 Å². The molecule has 1 saturated heterocycles. The van der Waals surface area contributed by atoms with Crippen molar-refractivity contribution in [1.29, 1.82) is 0 Å². The molecule has 8 nitrogen and oxygen atoms in total. The maximum atomic E-state index is 12.0. The monoisotopic (exact) mass is 293 g/mol. The highest BCUT2D eigenvalue weighted by Crippen LogP contribution is 2.33. The van der Waals surface area contributed by atoms with Gasteiger partial charge in [0, 0.05) is 19.1 Å². The number of aromatic carboxylic acids is 1. The number of amides is 2. The van der Waals surface area contributed by atoms with Crippen molar-refractivity contribution in [2.24, 2.45) is 5.92 Å². The summed E-state index contributed by atoms with van der Waals surface area (Å²) in [6.45, 7) is 3.10. The number of nitrogens with one attached hydrogen (secondary N) is 1. The first kappa shape index (κ1) is 13.8. The van der Waals surface area contributed by atoms with Crippen LogP contribution in [0.25, 0.3) is 0 Å². The fourth-order valence-electron chi connectivity index (χ4n) is 2.56. The standard InChI is InChI=1S/C13H19N5O3/c1-8(4-9-2-3-9)14-13(21)17-5-10(6-17)18-7-11(12(19)20)15-16-18/h7-10H,2-6H2,1H3,(H,14,21)(H,19,20). The zero-order valence-electron chi connectivity index (χ0n) is 11.9. The van der Waals surface area contributed by atoms with Crippen LogP contribution < -0.4 is 5.32 Å². The Balaban J connectivity index is 1.45. The summed E-state index contributed by atoms with van der Waals surface area (Å²) in [5.41, 5.74) is -0.0732. The zero-order chi connectivity index (χ0) is 15.0. The molecule has 3 rings (SSSR count). The van der Waals surface area contributed by atoms with Crippen molar-refractivity contribution in [3.63, 3.8) is 0 Å². The number of nitrogens with zero attached hydrogens (tertiary/aromatic N) is 4. The van der Waals surface area contributed by atoms with Crippen LogP contribution in [-0.4, -0.2) is 56.1 Å². The van der Waals surface area contributed by atoms with Crippen molar-refractivity contribution in [3.05, 3.63) is 11.9 Å². The molecule has 8 heteroatoms. The number of carboxylic acids is 1. The number of aromatic nitrogens is 3. The zero-order valence-corrected chi connectivity index (χ0v) is 11.9. The summed E-state index contributed by atoms with van der Waals surface area (Å²) in [5.74, 6) is -0.307. The highest BCUT2D eigenvalue weighted by Gasteiger charge is 2.34. The lowest BCUT2D eigenvalue weighted by Gasteiger charge is -2.39. The molecular formula is C13H19N5O3. The Kier molecular flexibility index (Phi) is 3.52. The Morgan fingerprint density at radius 3 is 2.76 bits per heavy atom. The number of rotatable bonds is 5. The lowest BCUT2D eigenvalue weighted by atomic mass is 10.1. The molecule has 1 atom stereocenters. The highest BCUT2D eigenvalue weighted by atomic mass is 16.4. The number of carbonyl (C=O) groups is 2. The maximum absolute atomic E-state index is 12.0. The molecular weight excluding hydrogens is 274 g/mol. The Morgan fingerprint density at radius 2 is 2.19 bits per heavy atom. The van der Waals surface area contributed by atoms with Gasteiger partial charge in [-0.25, -0.2) is 14.3 Å². The number of carboxylic acid groups (broad SMARTS) is 1. The van der Waals surface area contributed by atoms with E-state index in [1.165, 1.54) is 23.7 Å². The van der Waals surface area contributed by atoms with E-state index < -0.39 is 5.97 Å². The average molecular weight is 293 g/mol. The van der Waals surface area contributed by atoms with E-state index in [-0.39, 0.29) is 23.8 Å². The molecule has 0 spiro atoms. The van der Waals surface area contributed by atoms with E-state index in [0.29, 0.717) is 13.1 Å². The molecule has 2 fully saturated rings. The molecule has 0 bridgehead atoms. The summed E-state index contributed by atoms with van der Waals surface area (Å²) < 4.78 is 1.51. The van der Waals surface area contributed by atoms with Crippen molar-refractivity contribution < 1.29 is 14.7 Å². The van der Waals surface area contributed by atoms with Crippen LogP contribution in [-0.2, 0) is 0 Å². The van der Waals surface area contributed by atoms with Gasteiger partial charge in [0.1, 0.15) is 0 Å². The van der Waals surface area contributed by atoms with Crippen LogP contribution in [0.5, 0.6) is 0 Å². The first-order valence-corrected chi connectivity index (χ1v) is 7.23. The molecule has 2 aliphatic rings. The van der Waals surface area contributed by atoms with Gasteiger partial charge in [-0.3, -0.25) is 0 Å². The molecule has 114 valence electrons. The van der Waals surface area contributed by atoms with Crippen LogP contribution in [0.1, 0.15) is 42.7 Å². The molecule has 1 aliphatic heterocycles. The van der Waals surface area contributed by atoms with Crippen LogP contribution in [0.2, 0.25) is 0 Å². The SMILES string of the molecule is CC(CC1CC1)NC(=O)N1CC(n2cc(C(=O)O)nn2)C1. The molecule has 1 saturated carbocycles. The second-order valence-corrected chi connectivity index (χ2v) is 5.98. The fraction of sp³-hybridized carbons (Fsp3) is 0.692. The van der Waals surface area contributed by atoms with E-state index in [1.54, 1.807) is 4.90 Å². The number of urea groups is 1. The minimum absolute atomic E-state index is 0.00934. The van der Waals surface area contributed by atoms with Gasteiger partial charge in [-0.2, -0.15) is 0 Å².